The van der Waals surface area contributed by atoms with Crippen LogP contribution in [0.4, 0.5) is 0 Å². The lowest BCUT2D eigenvalue weighted by Gasteiger charge is -2.46. The second kappa shape index (κ2) is 9.70. The quantitative estimate of drug-likeness (QED) is 0.424. The van der Waals surface area contributed by atoms with E-state index < -0.39 is 0 Å². The fourth-order valence-electron chi connectivity index (χ4n) is 5.38. The zero-order valence-electron chi connectivity index (χ0n) is 20.5. The average molecular weight is 458 g/mol. The highest BCUT2D eigenvalue weighted by molar-refractivity contribution is 5.85. The maximum Gasteiger partial charge on any atom is 0.123 e. The molecule has 7 heteroatoms. The minimum Gasteiger partial charge on any atom is -0.361 e. The van der Waals surface area contributed by atoms with Gasteiger partial charge in [0.05, 0.1) is 5.54 Å². The van der Waals surface area contributed by atoms with Gasteiger partial charge in [-0.15, -0.1) is 10.2 Å². The first-order chi connectivity index (χ1) is 16.5. The predicted molar refractivity (Wildman–Crippen MR) is 137 cm³/mol. The first-order valence-corrected chi connectivity index (χ1v) is 12.2. The molecular formula is C27H35N7. The van der Waals surface area contributed by atoms with Crippen LogP contribution in [0.3, 0.4) is 0 Å². The SMILES string of the molecule is CN(C)Cc1ccccc1C1(C)CNCCN1CCCc1c[nH]c2ccc(-n3cnnc3)cc12. The number of nitrogens with one attached hydrogen (secondary N) is 2. The molecule has 0 bridgehead atoms. The van der Waals surface area contributed by atoms with Gasteiger partial charge in [0.2, 0.25) is 0 Å². The molecule has 1 aliphatic rings. The van der Waals surface area contributed by atoms with E-state index in [0.717, 1.165) is 51.3 Å². The predicted octanol–water partition coefficient (Wildman–Crippen LogP) is 3.56. The third-order valence-corrected chi connectivity index (χ3v) is 7.15. The normalized spacial score (nSPS) is 19.3. The summed E-state index contributed by atoms with van der Waals surface area (Å²) in [6.45, 7) is 7.53. The summed E-state index contributed by atoms with van der Waals surface area (Å²) < 4.78 is 1.95. The second-order valence-corrected chi connectivity index (χ2v) is 9.85. The summed E-state index contributed by atoms with van der Waals surface area (Å²) in [4.78, 5) is 8.40. The number of hydrogen-bond acceptors (Lipinski definition) is 5. The molecule has 2 aromatic heterocycles. The molecular weight excluding hydrogens is 422 g/mol. The van der Waals surface area contributed by atoms with E-state index in [1.807, 2.05) is 4.57 Å². The Morgan fingerprint density at radius 2 is 1.88 bits per heavy atom. The minimum atomic E-state index is -0.00728. The molecule has 2 aromatic carbocycles. The molecule has 5 rings (SSSR count). The summed E-state index contributed by atoms with van der Waals surface area (Å²) in [6.07, 6.45) is 7.82. The lowest BCUT2D eigenvalue weighted by molar-refractivity contribution is 0.0707. The molecule has 2 N–H and O–H groups in total. The van der Waals surface area contributed by atoms with E-state index in [1.54, 1.807) is 12.7 Å². The van der Waals surface area contributed by atoms with Crippen LogP contribution in [0.2, 0.25) is 0 Å². The molecule has 0 aliphatic carbocycles. The van der Waals surface area contributed by atoms with Gasteiger partial charge in [0, 0.05) is 49.0 Å². The second-order valence-electron chi connectivity index (χ2n) is 9.85. The number of fused-ring (bicyclic) bond motifs is 1. The van der Waals surface area contributed by atoms with Crippen LogP contribution in [-0.2, 0) is 18.5 Å². The number of H-pyrrole nitrogens is 1. The van der Waals surface area contributed by atoms with Crippen molar-refractivity contribution in [2.75, 3.05) is 40.3 Å². The fraction of sp³-hybridized carbons (Fsp3) is 0.407. The first-order valence-electron chi connectivity index (χ1n) is 12.2. The molecule has 0 saturated carbocycles. The molecule has 1 aliphatic heterocycles. The summed E-state index contributed by atoms with van der Waals surface area (Å²) in [5.74, 6) is 0. The van der Waals surface area contributed by atoms with E-state index in [-0.39, 0.29) is 5.54 Å². The van der Waals surface area contributed by atoms with Crippen molar-refractivity contribution < 1.29 is 0 Å². The van der Waals surface area contributed by atoms with Gasteiger partial charge in [0.15, 0.2) is 0 Å². The Labute approximate surface area is 201 Å². The monoisotopic (exact) mass is 457 g/mol. The molecule has 1 saturated heterocycles. The van der Waals surface area contributed by atoms with E-state index in [4.69, 9.17) is 0 Å². The topological polar surface area (TPSA) is 65.0 Å². The summed E-state index contributed by atoms with van der Waals surface area (Å²) >= 11 is 0. The van der Waals surface area contributed by atoms with E-state index >= 15 is 0 Å². The zero-order valence-corrected chi connectivity index (χ0v) is 20.5. The van der Waals surface area contributed by atoms with Crippen LogP contribution < -0.4 is 5.32 Å². The Bertz CT molecular complexity index is 1230. The molecule has 1 fully saturated rings. The highest BCUT2D eigenvalue weighted by atomic mass is 15.3. The van der Waals surface area contributed by atoms with Crippen molar-refractivity contribution in [3.05, 3.63) is 78.0 Å². The van der Waals surface area contributed by atoms with Crippen LogP contribution in [0, 0.1) is 0 Å². The van der Waals surface area contributed by atoms with Crippen molar-refractivity contribution in [2.24, 2.45) is 0 Å². The Balaban J connectivity index is 1.33. The van der Waals surface area contributed by atoms with Crippen molar-refractivity contribution >= 4 is 10.9 Å². The third kappa shape index (κ3) is 4.51. The first kappa shape index (κ1) is 22.8. The minimum absolute atomic E-state index is 0.00728. The largest absolute Gasteiger partial charge is 0.361 e. The average Bonchev–Trinajstić information content (AvgIpc) is 3.50. The number of hydrogen-bond donors (Lipinski definition) is 2. The van der Waals surface area contributed by atoms with Crippen LogP contribution in [0.1, 0.15) is 30.0 Å². The summed E-state index contributed by atoms with van der Waals surface area (Å²) in [5.41, 5.74) is 6.49. The fourth-order valence-corrected chi connectivity index (χ4v) is 5.38. The van der Waals surface area contributed by atoms with Gasteiger partial charge in [-0.05, 0) is 75.3 Å². The molecule has 0 amide bonds. The van der Waals surface area contributed by atoms with Crippen molar-refractivity contribution in [2.45, 2.75) is 31.8 Å². The molecule has 1 unspecified atom stereocenters. The van der Waals surface area contributed by atoms with Gasteiger partial charge < -0.3 is 15.2 Å². The van der Waals surface area contributed by atoms with Gasteiger partial charge in [-0.25, -0.2) is 0 Å². The highest BCUT2D eigenvalue weighted by Crippen LogP contribution is 2.33. The van der Waals surface area contributed by atoms with Crippen LogP contribution in [0.5, 0.6) is 0 Å². The zero-order chi connectivity index (χ0) is 23.5. The Kier molecular flexibility index (Phi) is 6.50. The van der Waals surface area contributed by atoms with Crippen molar-refractivity contribution in [3.8, 4) is 5.69 Å². The van der Waals surface area contributed by atoms with Gasteiger partial charge >= 0.3 is 0 Å². The van der Waals surface area contributed by atoms with E-state index in [2.05, 4.69) is 100.0 Å². The maximum atomic E-state index is 3.94. The van der Waals surface area contributed by atoms with Gasteiger partial charge in [-0.1, -0.05) is 24.3 Å². The standard InChI is InChI=1S/C27H35N7/c1-27(25-9-5-4-7-22(25)17-32(2)3)18-28-12-14-34(27)13-6-8-21-16-29-26-11-10-23(15-24(21)26)33-19-30-31-20-33/h4-5,7,9-11,15-16,19-20,28-29H,6,8,12-14,17-18H2,1-3H3. The number of aromatic amines is 1. The molecule has 34 heavy (non-hydrogen) atoms. The Morgan fingerprint density at radius 1 is 1.06 bits per heavy atom. The van der Waals surface area contributed by atoms with Crippen molar-refractivity contribution in [1.29, 1.82) is 0 Å². The van der Waals surface area contributed by atoms with Gasteiger partial charge in [-0.2, -0.15) is 0 Å². The van der Waals surface area contributed by atoms with Crippen molar-refractivity contribution in [3.63, 3.8) is 0 Å². The Hall–Kier alpha value is -3.00. The highest BCUT2D eigenvalue weighted by Gasteiger charge is 2.37. The summed E-state index contributed by atoms with van der Waals surface area (Å²) in [7, 11) is 4.29. The number of piperazine rings is 1. The summed E-state index contributed by atoms with van der Waals surface area (Å²) in [6, 6.07) is 15.4. The molecule has 4 aromatic rings. The molecule has 1 atom stereocenters. The smallest absolute Gasteiger partial charge is 0.123 e. The third-order valence-electron chi connectivity index (χ3n) is 7.15. The van der Waals surface area contributed by atoms with Crippen LogP contribution in [-0.4, -0.2) is 69.8 Å². The summed E-state index contributed by atoms with van der Waals surface area (Å²) in [5, 5.41) is 12.8. The van der Waals surface area contributed by atoms with Gasteiger partial charge in [-0.3, -0.25) is 9.47 Å². The molecule has 0 spiro atoms. The number of nitrogens with zero attached hydrogens (tertiary/aromatic N) is 5. The molecule has 3 heterocycles. The molecule has 7 nitrogen and oxygen atoms in total. The molecule has 0 radical (unpaired) electrons. The number of rotatable bonds is 8. The molecule has 178 valence electrons. The van der Waals surface area contributed by atoms with Gasteiger partial charge in [0.1, 0.15) is 12.7 Å². The van der Waals surface area contributed by atoms with E-state index in [0.29, 0.717) is 0 Å². The number of benzene rings is 2. The van der Waals surface area contributed by atoms with Crippen molar-refractivity contribution in [1.82, 2.24) is 34.9 Å². The lowest BCUT2D eigenvalue weighted by Crippen LogP contribution is -2.58. The Morgan fingerprint density at radius 3 is 2.71 bits per heavy atom. The number of aromatic nitrogens is 4. The van der Waals surface area contributed by atoms with E-state index in [9.17, 15) is 0 Å². The maximum absolute atomic E-state index is 3.94. The lowest BCUT2D eigenvalue weighted by atomic mass is 9.84. The van der Waals surface area contributed by atoms with E-state index in [1.165, 1.54) is 27.6 Å². The van der Waals surface area contributed by atoms with Crippen LogP contribution in [0.25, 0.3) is 16.6 Å². The van der Waals surface area contributed by atoms with Crippen LogP contribution in [0.15, 0.2) is 61.3 Å². The van der Waals surface area contributed by atoms with Gasteiger partial charge in [0.25, 0.3) is 0 Å². The number of aryl methyl sites for hydroxylation is 1. The van der Waals surface area contributed by atoms with Crippen LogP contribution >= 0.6 is 0 Å².